The lowest BCUT2D eigenvalue weighted by molar-refractivity contribution is 0.322. The van der Waals surface area contributed by atoms with E-state index in [1.54, 1.807) is 18.2 Å². The summed E-state index contributed by atoms with van der Waals surface area (Å²) in [5.41, 5.74) is 8.72. The molecule has 0 saturated heterocycles. The third-order valence-electron chi connectivity index (χ3n) is 7.30. The van der Waals surface area contributed by atoms with Crippen molar-refractivity contribution in [3.05, 3.63) is 94.7 Å². The molecule has 4 aromatic rings. The van der Waals surface area contributed by atoms with Crippen molar-refractivity contribution in [3.8, 4) is 5.75 Å². The van der Waals surface area contributed by atoms with Gasteiger partial charge in [-0.25, -0.2) is 4.31 Å². The molecule has 3 nitrogen and oxygen atoms in total. The van der Waals surface area contributed by atoms with Gasteiger partial charge in [-0.1, -0.05) is 50.6 Å². The van der Waals surface area contributed by atoms with Crippen molar-refractivity contribution < 1.29 is 4.74 Å². The lowest BCUT2D eigenvalue weighted by atomic mass is 9.86. The van der Waals surface area contributed by atoms with Gasteiger partial charge in [0.05, 0.1) is 7.11 Å². The number of nitrogens with zero attached hydrogens (tertiary/aromatic N) is 1. The Morgan fingerprint density at radius 1 is 0.971 bits per heavy atom. The number of hydrogen-bond acceptors (Lipinski definition) is 3. The molecule has 0 fully saturated rings. The van der Waals surface area contributed by atoms with Crippen molar-refractivity contribution in [2.45, 2.75) is 63.3 Å². The lowest BCUT2D eigenvalue weighted by Crippen LogP contribution is -2.31. The van der Waals surface area contributed by atoms with E-state index in [2.05, 4.69) is 83.9 Å². The Labute approximate surface area is 214 Å². The van der Waals surface area contributed by atoms with E-state index in [4.69, 9.17) is 4.74 Å². The van der Waals surface area contributed by atoms with Crippen molar-refractivity contribution in [3.63, 3.8) is 0 Å². The van der Waals surface area contributed by atoms with E-state index in [0.717, 1.165) is 44.4 Å². The summed E-state index contributed by atoms with van der Waals surface area (Å²) in [6.07, 6.45) is 8.90. The van der Waals surface area contributed by atoms with Crippen molar-refractivity contribution in [2.24, 2.45) is 0 Å². The first kappa shape index (κ1) is 24.0. The highest BCUT2D eigenvalue weighted by molar-refractivity contribution is 7.97. The van der Waals surface area contributed by atoms with Crippen LogP contribution in [0.2, 0.25) is 0 Å². The molecule has 0 saturated carbocycles. The Bertz CT molecular complexity index is 1280. The van der Waals surface area contributed by atoms with E-state index in [1.165, 1.54) is 38.9 Å². The summed E-state index contributed by atoms with van der Waals surface area (Å²) >= 11 is 1.92. The van der Waals surface area contributed by atoms with Gasteiger partial charge < -0.3 is 9.72 Å². The van der Waals surface area contributed by atoms with Gasteiger partial charge in [0.15, 0.2) is 0 Å². The maximum atomic E-state index is 5.50. The van der Waals surface area contributed by atoms with Crippen molar-refractivity contribution in [1.29, 1.82) is 0 Å². The molecule has 35 heavy (non-hydrogen) atoms. The number of aryl methyl sites for hydroxylation is 3. The van der Waals surface area contributed by atoms with Crippen LogP contribution < -0.4 is 4.74 Å². The number of rotatable bonds is 9. The van der Waals surface area contributed by atoms with E-state index >= 15 is 0 Å². The summed E-state index contributed by atoms with van der Waals surface area (Å²) < 4.78 is 8.14. The smallest absolute Gasteiger partial charge is 0.119 e. The summed E-state index contributed by atoms with van der Waals surface area (Å²) in [6, 6.07) is 22.6. The molecule has 2 heterocycles. The first-order valence-corrected chi connectivity index (χ1v) is 13.8. The highest BCUT2D eigenvalue weighted by atomic mass is 32.2. The number of hydrogen-bond donors (Lipinski definition) is 1. The zero-order chi connectivity index (χ0) is 24.2. The Morgan fingerprint density at radius 3 is 2.60 bits per heavy atom. The molecule has 1 unspecified atom stereocenters. The minimum atomic E-state index is 0.390. The van der Waals surface area contributed by atoms with Crippen molar-refractivity contribution in [2.75, 3.05) is 13.7 Å². The third kappa shape index (κ3) is 5.14. The molecule has 1 N–H and O–H groups in total. The number of aromatic amines is 1. The van der Waals surface area contributed by atoms with Gasteiger partial charge in [0, 0.05) is 34.6 Å². The standard InChI is InChI=1S/C31H36N2OS/c1-4-9-23-19-29-24(18-22(23)5-2)16-17-33(35-27-10-7-6-8-11-27)31(29)15-12-25-21-32-30-14-13-26(34-3)20-28(25)30/h6-8,10-11,13-14,18-21,31-32H,4-5,9,12,15-17H2,1-3H3. The number of benzene rings is 3. The third-order valence-corrected chi connectivity index (χ3v) is 8.45. The fraction of sp³-hybridized carbons (Fsp3) is 0.355. The van der Waals surface area contributed by atoms with Crippen LogP contribution in [0.5, 0.6) is 5.75 Å². The zero-order valence-corrected chi connectivity index (χ0v) is 22.0. The Kier molecular flexibility index (Phi) is 7.50. The average Bonchev–Trinajstić information content (AvgIpc) is 3.30. The van der Waals surface area contributed by atoms with Gasteiger partial charge in [-0.3, -0.25) is 0 Å². The normalized spacial score (nSPS) is 15.9. The first-order valence-electron chi connectivity index (χ1n) is 13.0. The summed E-state index contributed by atoms with van der Waals surface area (Å²) in [5, 5.41) is 1.27. The monoisotopic (exact) mass is 484 g/mol. The van der Waals surface area contributed by atoms with Gasteiger partial charge in [0.1, 0.15) is 5.75 Å². The minimum Gasteiger partial charge on any atom is -0.497 e. The fourth-order valence-electron chi connectivity index (χ4n) is 5.47. The second kappa shape index (κ2) is 10.9. The zero-order valence-electron chi connectivity index (χ0n) is 21.1. The van der Waals surface area contributed by atoms with Gasteiger partial charge in [-0.15, -0.1) is 0 Å². The number of H-pyrrole nitrogens is 1. The molecule has 3 aromatic carbocycles. The first-order chi connectivity index (χ1) is 17.2. The van der Waals surface area contributed by atoms with Gasteiger partial charge in [-0.05, 0) is 102 Å². The van der Waals surface area contributed by atoms with Crippen LogP contribution in [-0.4, -0.2) is 22.9 Å². The predicted molar refractivity (Wildman–Crippen MR) is 148 cm³/mol. The second-order valence-electron chi connectivity index (χ2n) is 9.50. The molecule has 1 aliphatic heterocycles. The van der Waals surface area contributed by atoms with Crippen LogP contribution in [0.25, 0.3) is 10.9 Å². The molecule has 0 bridgehead atoms. The Morgan fingerprint density at radius 2 is 1.83 bits per heavy atom. The van der Waals surface area contributed by atoms with Crippen LogP contribution in [0.1, 0.15) is 60.5 Å². The van der Waals surface area contributed by atoms with Crippen LogP contribution in [-0.2, 0) is 25.7 Å². The van der Waals surface area contributed by atoms with Gasteiger partial charge in [0.2, 0.25) is 0 Å². The number of nitrogens with one attached hydrogen (secondary N) is 1. The molecule has 1 aliphatic rings. The fourth-order valence-corrected chi connectivity index (χ4v) is 6.55. The molecule has 5 rings (SSSR count). The molecule has 1 aromatic heterocycles. The predicted octanol–water partition coefficient (Wildman–Crippen LogP) is 7.93. The largest absolute Gasteiger partial charge is 0.497 e. The molecule has 0 aliphatic carbocycles. The summed E-state index contributed by atoms with van der Waals surface area (Å²) in [4.78, 5) is 4.78. The molecule has 182 valence electrons. The molecule has 0 spiro atoms. The van der Waals surface area contributed by atoms with Crippen LogP contribution in [0.3, 0.4) is 0 Å². The summed E-state index contributed by atoms with van der Waals surface area (Å²) in [7, 11) is 1.74. The van der Waals surface area contributed by atoms with E-state index in [0.29, 0.717) is 6.04 Å². The number of aromatic nitrogens is 1. The number of fused-ring (bicyclic) bond motifs is 2. The van der Waals surface area contributed by atoms with E-state index < -0.39 is 0 Å². The Balaban J connectivity index is 1.48. The van der Waals surface area contributed by atoms with Crippen LogP contribution in [0, 0.1) is 0 Å². The number of methoxy groups -OCH3 is 1. The van der Waals surface area contributed by atoms with Crippen molar-refractivity contribution >= 4 is 22.9 Å². The number of ether oxygens (including phenoxy) is 1. The maximum Gasteiger partial charge on any atom is 0.119 e. The molecule has 4 heteroatoms. The average molecular weight is 485 g/mol. The van der Waals surface area contributed by atoms with E-state index in [9.17, 15) is 0 Å². The topological polar surface area (TPSA) is 28.3 Å². The van der Waals surface area contributed by atoms with Gasteiger partial charge >= 0.3 is 0 Å². The quantitative estimate of drug-likeness (QED) is 0.245. The lowest BCUT2D eigenvalue weighted by Gasteiger charge is -2.37. The van der Waals surface area contributed by atoms with Crippen LogP contribution in [0.4, 0.5) is 0 Å². The summed E-state index contributed by atoms with van der Waals surface area (Å²) in [5.74, 6) is 0.916. The van der Waals surface area contributed by atoms with E-state index in [-0.39, 0.29) is 0 Å². The van der Waals surface area contributed by atoms with Crippen LogP contribution >= 0.6 is 11.9 Å². The molecule has 0 amide bonds. The molecular weight excluding hydrogens is 448 g/mol. The molecule has 1 atom stereocenters. The van der Waals surface area contributed by atoms with E-state index in [1.807, 2.05) is 18.0 Å². The molecule has 0 radical (unpaired) electrons. The Hall–Kier alpha value is -2.69. The van der Waals surface area contributed by atoms with Gasteiger partial charge in [0.25, 0.3) is 0 Å². The maximum absolute atomic E-state index is 5.50. The summed E-state index contributed by atoms with van der Waals surface area (Å²) in [6.45, 7) is 5.67. The van der Waals surface area contributed by atoms with Crippen molar-refractivity contribution in [1.82, 2.24) is 9.29 Å². The highest BCUT2D eigenvalue weighted by Gasteiger charge is 2.29. The van der Waals surface area contributed by atoms with Gasteiger partial charge in [-0.2, -0.15) is 0 Å². The minimum absolute atomic E-state index is 0.390. The molecular formula is C31H36N2OS. The second-order valence-corrected chi connectivity index (χ2v) is 10.6. The SMILES string of the molecule is CCCc1cc2c(cc1CC)CCN(Sc1ccccc1)C2CCc1c[nH]c2ccc(OC)cc12. The van der Waals surface area contributed by atoms with Crippen LogP contribution in [0.15, 0.2) is 71.8 Å². The highest BCUT2D eigenvalue weighted by Crippen LogP contribution is 2.41.